The van der Waals surface area contributed by atoms with Gasteiger partial charge in [-0.3, -0.25) is 4.79 Å². The van der Waals surface area contributed by atoms with Gasteiger partial charge < -0.3 is 14.4 Å². The molecule has 2 heterocycles. The molecule has 1 fully saturated rings. The van der Waals surface area contributed by atoms with Gasteiger partial charge in [0.05, 0.1) is 12.5 Å². The van der Waals surface area contributed by atoms with Crippen molar-refractivity contribution < 1.29 is 14.6 Å². The molecule has 1 aromatic heterocycles. The van der Waals surface area contributed by atoms with E-state index in [1.54, 1.807) is 0 Å². The summed E-state index contributed by atoms with van der Waals surface area (Å²) in [7, 11) is 0. The zero-order valence-corrected chi connectivity index (χ0v) is 10.4. The van der Waals surface area contributed by atoms with Crippen molar-refractivity contribution in [3.63, 3.8) is 0 Å². The fraction of sp³-hybridized carbons (Fsp3) is 0.615. The van der Waals surface area contributed by atoms with E-state index in [0.717, 1.165) is 42.9 Å². The second-order valence-corrected chi connectivity index (χ2v) is 4.71. The third-order valence-corrected chi connectivity index (χ3v) is 3.43. The summed E-state index contributed by atoms with van der Waals surface area (Å²) >= 11 is 0. The van der Waals surface area contributed by atoms with E-state index in [9.17, 15) is 4.79 Å². The van der Waals surface area contributed by atoms with E-state index in [1.165, 1.54) is 0 Å². The Labute approximate surface area is 101 Å². The second-order valence-electron chi connectivity index (χ2n) is 4.71. The van der Waals surface area contributed by atoms with Crippen LogP contribution >= 0.6 is 0 Å². The van der Waals surface area contributed by atoms with Crippen LogP contribution in [0.25, 0.3) is 0 Å². The predicted octanol–water partition coefficient (Wildman–Crippen LogP) is 1.91. The first-order valence-electron chi connectivity index (χ1n) is 6.07. The highest BCUT2D eigenvalue weighted by Gasteiger charge is 2.19. The molecule has 0 radical (unpaired) electrons. The van der Waals surface area contributed by atoms with Gasteiger partial charge in [-0.2, -0.15) is 0 Å². The third-order valence-electron chi connectivity index (χ3n) is 3.43. The van der Waals surface area contributed by atoms with Gasteiger partial charge in [0.2, 0.25) is 0 Å². The standard InChI is InChI=1S/C13H19NO3/c1-9-6-11(7-13(15)16)10(2)14(9)8-12-4-3-5-17-12/h6,12H,3-5,7-8H2,1-2H3,(H,15,16). The van der Waals surface area contributed by atoms with Crippen molar-refractivity contribution in [3.8, 4) is 0 Å². The van der Waals surface area contributed by atoms with E-state index in [1.807, 2.05) is 19.9 Å². The lowest BCUT2D eigenvalue weighted by Gasteiger charge is -2.14. The molecule has 1 saturated heterocycles. The van der Waals surface area contributed by atoms with Crippen molar-refractivity contribution in [2.75, 3.05) is 6.61 Å². The Bertz CT molecular complexity index is 417. The van der Waals surface area contributed by atoms with Crippen LogP contribution in [0.2, 0.25) is 0 Å². The van der Waals surface area contributed by atoms with Crippen LogP contribution in [0.4, 0.5) is 0 Å². The average molecular weight is 237 g/mol. The summed E-state index contributed by atoms with van der Waals surface area (Å²) in [6.07, 6.45) is 2.63. The molecule has 2 rings (SSSR count). The number of rotatable bonds is 4. The zero-order valence-electron chi connectivity index (χ0n) is 10.4. The van der Waals surface area contributed by atoms with Crippen LogP contribution in [0.3, 0.4) is 0 Å². The molecule has 1 aliphatic rings. The normalized spacial score (nSPS) is 19.8. The Morgan fingerprint density at radius 2 is 2.35 bits per heavy atom. The Morgan fingerprint density at radius 1 is 1.59 bits per heavy atom. The maximum atomic E-state index is 10.8. The van der Waals surface area contributed by atoms with Gasteiger partial charge in [-0.25, -0.2) is 0 Å². The molecule has 17 heavy (non-hydrogen) atoms. The number of carboxylic acid groups (broad SMARTS) is 1. The molecule has 1 unspecified atom stereocenters. The van der Waals surface area contributed by atoms with Gasteiger partial charge in [0.1, 0.15) is 0 Å². The highest BCUT2D eigenvalue weighted by molar-refractivity contribution is 5.70. The number of aromatic nitrogens is 1. The first kappa shape index (κ1) is 12.2. The third kappa shape index (κ3) is 2.69. The van der Waals surface area contributed by atoms with Crippen molar-refractivity contribution in [2.24, 2.45) is 0 Å². The van der Waals surface area contributed by atoms with Crippen LogP contribution in [0.1, 0.15) is 29.8 Å². The molecule has 1 aromatic rings. The summed E-state index contributed by atoms with van der Waals surface area (Å²) in [6, 6.07) is 1.97. The lowest BCUT2D eigenvalue weighted by Crippen LogP contribution is -2.17. The molecule has 1 N–H and O–H groups in total. The van der Waals surface area contributed by atoms with E-state index in [4.69, 9.17) is 9.84 Å². The Balaban J connectivity index is 2.15. The molecule has 0 aromatic carbocycles. The number of aryl methyl sites for hydroxylation is 1. The zero-order chi connectivity index (χ0) is 12.4. The first-order chi connectivity index (χ1) is 8.08. The van der Waals surface area contributed by atoms with Gasteiger partial charge in [-0.15, -0.1) is 0 Å². The molecular weight excluding hydrogens is 218 g/mol. The summed E-state index contributed by atoms with van der Waals surface area (Å²) < 4.78 is 7.79. The van der Waals surface area contributed by atoms with Crippen molar-refractivity contribution in [1.29, 1.82) is 0 Å². The highest BCUT2D eigenvalue weighted by Crippen LogP contribution is 2.20. The van der Waals surface area contributed by atoms with Crippen molar-refractivity contribution >= 4 is 5.97 Å². The van der Waals surface area contributed by atoms with Crippen LogP contribution in [0, 0.1) is 13.8 Å². The van der Waals surface area contributed by atoms with E-state index in [0.29, 0.717) is 0 Å². The number of aliphatic carboxylic acids is 1. The van der Waals surface area contributed by atoms with Crippen LogP contribution < -0.4 is 0 Å². The van der Waals surface area contributed by atoms with Crippen molar-refractivity contribution in [3.05, 3.63) is 23.0 Å². The first-order valence-corrected chi connectivity index (χ1v) is 6.07. The van der Waals surface area contributed by atoms with Gasteiger partial charge in [-0.1, -0.05) is 0 Å². The SMILES string of the molecule is Cc1cc(CC(=O)O)c(C)n1CC1CCCO1. The summed E-state index contributed by atoms with van der Waals surface area (Å²) in [5.41, 5.74) is 3.09. The van der Waals surface area contributed by atoms with Crippen LogP contribution in [-0.2, 0) is 22.5 Å². The minimum Gasteiger partial charge on any atom is -0.481 e. The summed E-state index contributed by atoms with van der Waals surface area (Å²) in [5.74, 6) is -0.776. The van der Waals surface area contributed by atoms with Crippen LogP contribution in [-0.4, -0.2) is 28.4 Å². The van der Waals surface area contributed by atoms with E-state index < -0.39 is 5.97 Å². The molecule has 0 bridgehead atoms. The van der Waals surface area contributed by atoms with Crippen LogP contribution in [0.15, 0.2) is 6.07 Å². The van der Waals surface area contributed by atoms with E-state index >= 15 is 0 Å². The molecule has 0 amide bonds. The number of nitrogens with zero attached hydrogens (tertiary/aromatic N) is 1. The van der Waals surface area contributed by atoms with Gasteiger partial charge >= 0.3 is 5.97 Å². The minimum atomic E-state index is -0.776. The number of ether oxygens (including phenoxy) is 1. The Kier molecular flexibility index (Phi) is 3.52. The summed E-state index contributed by atoms with van der Waals surface area (Å²) in [4.78, 5) is 10.8. The maximum absolute atomic E-state index is 10.8. The molecule has 0 spiro atoms. The quantitative estimate of drug-likeness (QED) is 0.870. The lowest BCUT2D eigenvalue weighted by atomic mass is 10.2. The minimum absolute atomic E-state index is 0.102. The number of carbonyl (C=O) groups is 1. The molecule has 4 nitrogen and oxygen atoms in total. The largest absolute Gasteiger partial charge is 0.481 e. The Hall–Kier alpha value is -1.29. The molecule has 1 atom stereocenters. The van der Waals surface area contributed by atoms with Crippen molar-refractivity contribution in [2.45, 2.75) is 45.8 Å². The predicted molar refractivity (Wildman–Crippen MR) is 64.2 cm³/mol. The number of hydrogen-bond donors (Lipinski definition) is 1. The number of hydrogen-bond acceptors (Lipinski definition) is 2. The Morgan fingerprint density at radius 3 is 2.94 bits per heavy atom. The molecular formula is C13H19NO3. The van der Waals surface area contributed by atoms with Crippen LogP contribution in [0.5, 0.6) is 0 Å². The van der Waals surface area contributed by atoms with E-state index in [-0.39, 0.29) is 12.5 Å². The van der Waals surface area contributed by atoms with Gasteiger partial charge in [0.15, 0.2) is 0 Å². The number of carboxylic acids is 1. The highest BCUT2D eigenvalue weighted by atomic mass is 16.5. The van der Waals surface area contributed by atoms with Gasteiger partial charge in [-0.05, 0) is 38.3 Å². The van der Waals surface area contributed by atoms with Gasteiger partial charge in [0, 0.05) is 24.5 Å². The fourth-order valence-electron chi connectivity index (χ4n) is 2.49. The smallest absolute Gasteiger partial charge is 0.307 e. The van der Waals surface area contributed by atoms with E-state index in [2.05, 4.69) is 4.57 Å². The molecule has 4 heteroatoms. The maximum Gasteiger partial charge on any atom is 0.307 e. The van der Waals surface area contributed by atoms with Gasteiger partial charge in [0.25, 0.3) is 0 Å². The molecule has 0 aliphatic carbocycles. The lowest BCUT2D eigenvalue weighted by molar-refractivity contribution is -0.136. The molecule has 0 saturated carbocycles. The summed E-state index contributed by atoms with van der Waals surface area (Å²) in [5, 5.41) is 8.84. The van der Waals surface area contributed by atoms with Crippen molar-refractivity contribution in [1.82, 2.24) is 4.57 Å². The second kappa shape index (κ2) is 4.92. The fourth-order valence-corrected chi connectivity index (χ4v) is 2.49. The molecule has 94 valence electrons. The average Bonchev–Trinajstić information content (AvgIpc) is 2.83. The summed E-state index contributed by atoms with van der Waals surface area (Å²) in [6.45, 7) is 5.71. The topological polar surface area (TPSA) is 51.5 Å². The molecule has 1 aliphatic heterocycles. The monoisotopic (exact) mass is 237 g/mol.